The Morgan fingerprint density at radius 2 is 1.83 bits per heavy atom. The van der Waals surface area contributed by atoms with Crippen LogP contribution >= 0.6 is 0 Å². The van der Waals surface area contributed by atoms with Crippen LogP contribution in [0.1, 0.15) is 32.4 Å². The first-order chi connectivity index (χ1) is 11.3. The van der Waals surface area contributed by atoms with Gasteiger partial charge >= 0.3 is 6.03 Å². The molecule has 3 amide bonds. The van der Waals surface area contributed by atoms with Gasteiger partial charge in [-0.05, 0) is 30.5 Å². The highest BCUT2D eigenvalue weighted by molar-refractivity contribution is 5.95. The molecule has 1 rings (SSSR count). The van der Waals surface area contributed by atoms with Crippen molar-refractivity contribution in [3.8, 4) is 0 Å². The Balaban J connectivity index is 2.65. The van der Waals surface area contributed by atoms with E-state index in [1.807, 2.05) is 13.8 Å². The average Bonchev–Trinajstić information content (AvgIpc) is 2.46. The predicted octanol–water partition coefficient (Wildman–Crippen LogP) is 1.66. The van der Waals surface area contributed by atoms with Crippen LogP contribution in [0.15, 0.2) is 24.3 Å². The second-order valence-corrected chi connectivity index (χ2v) is 6.06. The van der Waals surface area contributed by atoms with E-state index in [1.165, 1.54) is 24.3 Å². The molecule has 0 fully saturated rings. The van der Waals surface area contributed by atoms with Gasteiger partial charge in [-0.15, -0.1) is 0 Å². The molecule has 0 aliphatic heterocycles. The van der Waals surface area contributed by atoms with E-state index in [9.17, 15) is 19.1 Å². The maximum Gasteiger partial charge on any atom is 0.321 e. The molecule has 3 N–H and O–H groups in total. The first-order valence-electron chi connectivity index (χ1n) is 8.05. The molecule has 0 aromatic heterocycles. The maximum atomic E-state index is 13.0. The van der Waals surface area contributed by atoms with Crippen molar-refractivity contribution in [3.05, 3.63) is 35.6 Å². The fourth-order valence-corrected chi connectivity index (χ4v) is 2.33. The Morgan fingerprint density at radius 1 is 1.21 bits per heavy atom. The smallest absolute Gasteiger partial charge is 0.321 e. The van der Waals surface area contributed by atoms with Gasteiger partial charge in [0, 0.05) is 19.6 Å². The highest BCUT2D eigenvalue weighted by atomic mass is 19.1. The highest BCUT2D eigenvalue weighted by Gasteiger charge is 2.18. The third-order valence-corrected chi connectivity index (χ3v) is 3.27. The van der Waals surface area contributed by atoms with Gasteiger partial charge in [0.25, 0.3) is 0 Å². The molecule has 6 nitrogen and oxygen atoms in total. The molecule has 0 heterocycles. The average molecular weight is 339 g/mol. The van der Waals surface area contributed by atoms with Crippen LogP contribution in [0.2, 0.25) is 0 Å². The van der Waals surface area contributed by atoms with Crippen LogP contribution in [0.4, 0.5) is 9.18 Å². The van der Waals surface area contributed by atoms with Crippen LogP contribution in [0, 0.1) is 11.7 Å². The summed E-state index contributed by atoms with van der Waals surface area (Å²) in [5.41, 5.74) is 0.578. The molecule has 0 saturated heterocycles. The van der Waals surface area contributed by atoms with E-state index in [0.717, 1.165) is 0 Å². The van der Waals surface area contributed by atoms with Gasteiger partial charge in [0.2, 0.25) is 5.91 Å². The number of rotatable bonds is 8. The summed E-state index contributed by atoms with van der Waals surface area (Å²) in [5.74, 6) is -0.526. The lowest BCUT2D eigenvalue weighted by molar-refractivity contribution is -0.121. The van der Waals surface area contributed by atoms with E-state index in [-0.39, 0.29) is 24.8 Å². The number of aliphatic hydroxyl groups is 1. The molecule has 0 aliphatic rings. The lowest BCUT2D eigenvalue weighted by Gasteiger charge is -2.26. The molecule has 1 aromatic carbocycles. The molecule has 0 radical (unpaired) electrons. The minimum absolute atomic E-state index is 0.00638. The zero-order chi connectivity index (χ0) is 18.1. The van der Waals surface area contributed by atoms with E-state index in [0.29, 0.717) is 18.7 Å². The van der Waals surface area contributed by atoms with Gasteiger partial charge in [-0.2, -0.15) is 0 Å². The Kier molecular flexibility index (Phi) is 8.35. The number of imide groups is 1. The third-order valence-electron chi connectivity index (χ3n) is 3.27. The van der Waals surface area contributed by atoms with Crippen LogP contribution in [0.3, 0.4) is 0 Å². The molecule has 24 heavy (non-hydrogen) atoms. The summed E-state index contributed by atoms with van der Waals surface area (Å²) in [6.07, 6.45) is -0.846. The highest BCUT2D eigenvalue weighted by Crippen LogP contribution is 2.15. The number of aliphatic hydroxyl groups excluding tert-OH is 1. The number of nitrogens with one attached hydrogen (secondary N) is 2. The van der Waals surface area contributed by atoms with Crippen LogP contribution in [0.25, 0.3) is 0 Å². The van der Waals surface area contributed by atoms with Crippen molar-refractivity contribution in [2.45, 2.75) is 26.9 Å². The number of nitrogens with zero attached hydrogens (tertiary/aromatic N) is 1. The molecular weight excluding hydrogens is 313 g/mol. The van der Waals surface area contributed by atoms with E-state index in [4.69, 9.17) is 0 Å². The SMILES string of the molecule is CCNC(=O)NC(=O)CN(CC(C)C)CC(O)c1ccc(F)cc1. The van der Waals surface area contributed by atoms with Crippen molar-refractivity contribution in [2.75, 3.05) is 26.2 Å². The van der Waals surface area contributed by atoms with E-state index >= 15 is 0 Å². The Bertz CT molecular complexity index is 534. The third kappa shape index (κ3) is 7.52. The molecular formula is C17H26FN3O3. The zero-order valence-electron chi connectivity index (χ0n) is 14.4. The summed E-state index contributed by atoms with van der Waals surface area (Å²) in [5, 5.41) is 15.0. The van der Waals surface area contributed by atoms with Crippen molar-refractivity contribution in [1.82, 2.24) is 15.5 Å². The molecule has 0 bridgehead atoms. The summed E-state index contributed by atoms with van der Waals surface area (Å²) in [7, 11) is 0. The van der Waals surface area contributed by atoms with E-state index in [1.54, 1.807) is 11.8 Å². The first-order valence-corrected chi connectivity index (χ1v) is 8.05. The lowest BCUT2D eigenvalue weighted by atomic mass is 10.1. The first kappa shape index (κ1) is 20.1. The predicted molar refractivity (Wildman–Crippen MR) is 89.9 cm³/mol. The largest absolute Gasteiger partial charge is 0.387 e. The lowest BCUT2D eigenvalue weighted by Crippen LogP contribution is -2.46. The number of hydrogen-bond acceptors (Lipinski definition) is 4. The van der Waals surface area contributed by atoms with E-state index in [2.05, 4.69) is 10.6 Å². The number of carbonyl (C=O) groups is 2. The molecule has 134 valence electrons. The van der Waals surface area contributed by atoms with Crippen LogP contribution in [-0.4, -0.2) is 48.1 Å². The molecule has 1 atom stereocenters. The zero-order valence-corrected chi connectivity index (χ0v) is 14.4. The van der Waals surface area contributed by atoms with Gasteiger partial charge in [0.15, 0.2) is 0 Å². The van der Waals surface area contributed by atoms with E-state index < -0.39 is 18.0 Å². The molecule has 1 unspecified atom stereocenters. The summed E-state index contributed by atoms with van der Waals surface area (Å²) < 4.78 is 13.0. The second-order valence-electron chi connectivity index (χ2n) is 6.06. The molecule has 7 heteroatoms. The van der Waals surface area contributed by atoms with Gasteiger partial charge in [-0.25, -0.2) is 9.18 Å². The number of halogens is 1. The van der Waals surface area contributed by atoms with Crippen molar-refractivity contribution < 1.29 is 19.1 Å². The van der Waals surface area contributed by atoms with Crippen LogP contribution in [-0.2, 0) is 4.79 Å². The van der Waals surface area contributed by atoms with Crippen molar-refractivity contribution in [2.24, 2.45) is 5.92 Å². The van der Waals surface area contributed by atoms with Crippen molar-refractivity contribution >= 4 is 11.9 Å². The number of urea groups is 1. The Hall–Kier alpha value is -1.99. The molecule has 1 aromatic rings. The topological polar surface area (TPSA) is 81.7 Å². The molecule has 0 saturated carbocycles. The number of hydrogen-bond donors (Lipinski definition) is 3. The van der Waals surface area contributed by atoms with Gasteiger partial charge in [0.05, 0.1) is 12.6 Å². The summed E-state index contributed by atoms with van der Waals surface area (Å²) in [4.78, 5) is 25.1. The van der Waals surface area contributed by atoms with Crippen molar-refractivity contribution in [1.29, 1.82) is 0 Å². The maximum absolute atomic E-state index is 13.0. The number of carbonyl (C=O) groups excluding carboxylic acids is 2. The Labute approximate surface area is 142 Å². The van der Waals surface area contributed by atoms with Crippen LogP contribution < -0.4 is 10.6 Å². The second kappa shape index (κ2) is 10.00. The molecule has 0 aliphatic carbocycles. The fourth-order valence-electron chi connectivity index (χ4n) is 2.33. The van der Waals surface area contributed by atoms with Crippen LogP contribution in [0.5, 0.6) is 0 Å². The Morgan fingerprint density at radius 3 is 2.38 bits per heavy atom. The quantitative estimate of drug-likeness (QED) is 0.673. The summed E-state index contributed by atoms with van der Waals surface area (Å²) >= 11 is 0. The van der Waals surface area contributed by atoms with Crippen molar-refractivity contribution in [3.63, 3.8) is 0 Å². The van der Waals surface area contributed by atoms with Gasteiger partial charge in [-0.1, -0.05) is 26.0 Å². The normalized spacial score (nSPS) is 12.3. The van der Waals surface area contributed by atoms with Gasteiger partial charge in [0.1, 0.15) is 5.82 Å². The van der Waals surface area contributed by atoms with Gasteiger partial charge in [-0.3, -0.25) is 15.0 Å². The minimum atomic E-state index is -0.846. The molecule has 0 spiro atoms. The minimum Gasteiger partial charge on any atom is -0.387 e. The summed E-state index contributed by atoms with van der Waals surface area (Å²) in [6.45, 7) is 6.98. The monoisotopic (exact) mass is 339 g/mol. The number of amides is 3. The standard InChI is InChI=1S/C17H26FN3O3/c1-4-19-17(24)20-16(23)11-21(9-12(2)3)10-15(22)13-5-7-14(18)8-6-13/h5-8,12,15,22H,4,9-11H2,1-3H3,(H2,19,20,23,24). The number of benzene rings is 1. The summed E-state index contributed by atoms with van der Waals surface area (Å²) in [6, 6.07) is 5.07. The van der Waals surface area contributed by atoms with Gasteiger partial charge < -0.3 is 10.4 Å². The fraction of sp³-hybridized carbons (Fsp3) is 0.529.